The minimum atomic E-state index is -0.0912. The maximum atomic E-state index is 12.0. The van der Waals surface area contributed by atoms with Gasteiger partial charge in [-0.1, -0.05) is 25.9 Å². The minimum Gasteiger partial charge on any atom is -0.376 e. The summed E-state index contributed by atoms with van der Waals surface area (Å²) in [5, 5.41) is 6.72. The van der Waals surface area contributed by atoms with Crippen molar-refractivity contribution in [3.05, 3.63) is 11.8 Å². The lowest BCUT2D eigenvalue weighted by Gasteiger charge is -2.30. The lowest BCUT2D eigenvalue weighted by Crippen LogP contribution is -2.44. The van der Waals surface area contributed by atoms with Crippen molar-refractivity contribution in [1.29, 1.82) is 0 Å². The molecule has 0 bridgehead atoms. The Kier molecular flexibility index (Phi) is 4.45. The first kappa shape index (κ1) is 15.0. The smallest absolute Gasteiger partial charge is 0.240 e. The first-order valence-corrected chi connectivity index (χ1v) is 6.95. The topological polar surface area (TPSA) is 67.6 Å². The number of carbonyl (C=O) groups excluding carboxylic acids is 1. The summed E-state index contributed by atoms with van der Waals surface area (Å²) in [5.74, 6) is 0.317. The Morgan fingerprint density at radius 2 is 2.30 bits per heavy atom. The number of rotatable bonds is 3. The molecular formula is C14H23N3O3. The van der Waals surface area contributed by atoms with E-state index in [0.717, 1.165) is 18.8 Å². The summed E-state index contributed by atoms with van der Waals surface area (Å²) in [6.07, 6.45) is 0.175. The van der Waals surface area contributed by atoms with E-state index in [4.69, 9.17) is 9.26 Å². The molecule has 0 aliphatic carbocycles. The number of hydrogen-bond acceptors (Lipinski definition) is 5. The molecule has 1 aromatic heterocycles. The summed E-state index contributed by atoms with van der Waals surface area (Å²) in [7, 11) is 0. The van der Waals surface area contributed by atoms with E-state index in [2.05, 4.69) is 15.4 Å². The maximum absolute atomic E-state index is 12.0. The second kappa shape index (κ2) is 5.93. The number of nitrogens with one attached hydrogen (secondary N) is 1. The average molecular weight is 281 g/mol. The quantitative estimate of drug-likeness (QED) is 0.912. The number of aromatic nitrogens is 1. The molecule has 2 rings (SSSR count). The summed E-state index contributed by atoms with van der Waals surface area (Å²) in [6.45, 7) is 10.7. The molecule has 0 unspecified atom stereocenters. The number of ether oxygens (including phenoxy) is 1. The first-order chi connectivity index (χ1) is 9.34. The van der Waals surface area contributed by atoms with Crippen LogP contribution in [0.2, 0.25) is 0 Å². The van der Waals surface area contributed by atoms with E-state index < -0.39 is 0 Å². The van der Waals surface area contributed by atoms with Crippen molar-refractivity contribution in [3.63, 3.8) is 0 Å². The van der Waals surface area contributed by atoms with Gasteiger partial charge in [-0.05, 0) is 6.92 Å². The molecule has 1 aliphatic rings. The molecule has 20 heavy (non-hydrogen) atoms. The molecule has 0 spiro atoms. The molecule has 0 radical (unpaired) electrons. The van der Waals surface area contributed by atoms with Crippen LogP contribution in [0, 0.1) is 0 Å². The molecule has 1 amide bonds. The number of morpholine rings is 1. The molecule has 1 atom stereocenters. The summed E-state index contributed by atoms with van der Waals surface area (Å²) in [5.41, 5.74) is 0.736. The van der Waals surface area contributed by atoms with Gasteiger partial charge in [0, 0.05) is 24.6 Å². The highest BCUT2D eigenvalue weighted by Crippen LogP contribution is 2.23. The Balaban J connectivity index is 1.86. The van der Waals surface area contributed by atoms with E-state index in [9.17, 15) is 4.79 Å². The zero-order chi connectivity index (χ0) is 14.8. The number of nitrogens with zero attached hydrogens (tertiary/aromatic N) is 2. The predicted molar refractivity (Wildman–Crippen MR) is 75.7 cm³/mol. The van der Waals surface area contributed by atoms with Crippen LogP contribution in [0.4, 0.5) is 5.88 Å². The molecule has 6 nitrogen and oxygen atoms in total. The van der Waals surface area contributed by atoms with Crippen LogP contribution in [0.1, 0.15) is 33.4 Å². The number of carbonyl (C=O) groups is 1. The second-order valence-electron chi connectivity index (χ2n) is 6.29. The van der Waals surface area contributed by atoms with Crippen molar-refractivity contribution in [2.75, 3.05) is 31.6 Å². The molecule has 1 aromatic rings. The number of anilines is 1. The van der Waals surface area contributed by atoms with Gasteiger partial charge >= 0.3 is 0 Å². The molecule has 1 fully saturated rings. The third-order valence-electron chi connectivity index (χ3n) is 3.23. The Morgan fingerprint density at radius 1 is 1.55 bits per heavy atom. The molecular weight excluding hydrogens is 258 g/mol. The van der Waals surface area contributed by atoms with Gasteiger partial charge < -0.3 is 9.26 Å². The highest BCUT2D eigenvalue weighted by Gasteiger charge is 2.21. The lowest BCUT2D eigenvalue weighted by molar-refractivity contribution is -0.119. The number of hydrogen-bond donors (Lipinski definition) is 1. The van der Waals surface area contributed by atoms with Gasteiger partial charge in [0.05, 0.1) is 24.9 Å². The predicted octanol–water partition coefficient (Wildman–Crippen LogP) is 1.63. The lowest BCUT2D eigenvalue weighted by atomic mass is 9.92. The number of amides is 1. The van der Waals surface area contributed by atoms with E-state index in [0.29, 0.717) is 19.0 Å². The van der Waals surface area contributed by atoms with E-state index in [-0.39, 0.29) is 17.4 Å². The summed E-state index contributed by atoms with van der Waals surface area (Å²) in [4.78, 5) is 14.0. The Bertz CT molecular complexity index is 464. The zero-order valence-electron chi connectivity index (χ0n) is 12.6. The zero-order valence-corrected chi connectivity index (χ0v) is 12.6. The standard InChI is InChI=1S/C14H23N3O3/c1-10-8-17(5-6-19-10)9-12(18)15-13-7-11(16-20-13)14(2,3)4/h7,10H,5-6,8-9H2,1-4H3,(H,15,18)/t10-/m1/s1. The van der Waals surface area contributed by atoms with Crippen LogP contribution in [0.5, 0.6) is 0 Å². The third kappa shape index (κ3) is 4.05. The van der Waals surface area contributed by atoms with Crippen molar-refractivity contribution in [2.45, 2.75) is 39.2 Å². The molecule has 6 heteroatoms. The molecule has 1 aliphatic heterocycles. The summed E-state index contributed by atoms with van der Waals surface area (Å²) >= 11 is 0. The largest absolute Gasteiger partial charge is 0.376 e. The van der Waals surface area contributed by atoms with Crippen LogP contribution in [0.3, 0.4) is 0 Å². The van der Waals surface area contributed by atoms with Crippen molar-refractivity contribution in [2.24, 2.45) is 0 Å². The normalized spacial score (nSPS) is 20.9. The van der Waals surface area contributed by atoms with Gasteiger partial charge in [0.1, 0.15) is 0 Å². The third-order valence-corrected chi connectivity index (χ3v) is 3.23. The van der Waals surface area contributed by atoms with Gasteiger partial charge in [-0.2, -0.15) is 0 Å². The fraction of sp³-hybridized carbons (Fsp3) is 0.714. The minimum absolute atomic E-state index is 0.0873. The average Bonchev–Trinajstić information content (AvgIpc) is 2.76. The Morgan fingerprint density at radius 3 is 2.90 bits per heavy atom. The fourth-order valence-electron chi connectivity index (χ4n) is 2.10. The van der Waals surface area contributed by atoms with Gasteiger partial charge in [-0.3, -0.25) is 15.0 Å². The molecule has 112 valence electrons. The second-order valence-corrected chi connectivity index (χ2v) is 6.29. The van der Waals surface area contributed by atoms with Crippen LogP contribution < -0.4 is 5.32 Å². The Labute approximate surface area is 119 Å². The molecule has 0 saturated carbocycles. The highest BCUT2D eigenvalue weighted by molar-refractivity contribution is 5.91. The van der Waals surface area contributed by atoms with E-state index >= 15 is 0 Å². The van der Waals surface area contributed by atoms with Crippen LogP contribution >= 0.6 is 0 Å². The molecule has 0 aromatic carbocycles. The van der Waals surface area contributed by atoms with Crippen LogP contribution in [0.15, 0.2) is 10.6 Å². The fourth-order valence-corrected chi connectivity index (χ4v) is 2.10. The van der Waals surface area contributed by atoms with Crippen molar-refractivity contribution in [1.82, 2.24) is 10.1 Å². The SMILES string of the molecule is C[C@@H]1CN(CC(=O)Nc2cc(C(C)(C)C)no2)CCO1. The summed E-state index contributed by atoms with van der Waals surface area (Å²) < 4.78 is 10.6. The van der Waals surface area contributed by atoms with Crippen molar-refractivity contribution < 1.29 is 14.1 Å². The van der Waals surface area contributed by atoms with E-state index in [1.807, 2.05) is 27.7 Å². The molecule has 1 saturated heterocycles. The van der Waals surface area contributed by atoms with Gasteiger partial charge in [0.2, 0.25) is 11.8 Å². The molecule has 2 heterocycles. The van der Waals surface area contributed by atoms with Crippen LogP contribution in [0.25, 0.3) is 0 Å². The van der Waals surface area contributed by atoms with Gasteiger partial charge in [-0.25, -0.2) is 0 Å². The highest BCUT2D eigenvalue weighted by atomic mass is 16.5. The monoisotopic (exact) mass is 281 g/mol. The van der Waals surface area contributed by atoms with Crippen molar-refractivity contribution >= 4 is 11.8 Å². The maximum Gasteiger partial charge on any atom is 0.240 e. The van der Waals surface area contributed by atoms with E-state index in [1.54, 1.807) is 6.07 Å². The van der Waals surface area contributed by atoms with Crippen molar-refractivity contribution in [3.8, 4) is 0 Å². The summed E-state index contributed by atoms with van der Waals surface area (Å²) in [6, 6.07) is 1.78. The van der Waals surface area contributed by atoms with Gasteiger partial charge in [-0.15, -0.1) is 0 Å². The van der Waals surface area contributed by atoms with Gasteiger partial charge in [0.15, 0.2) is 0 Å². The first-order valence-electron chi connectivity index (χ1n) is 6.95. The Hall–Kier alpha value is -1.40. The van der Waals surface area contributed by atoms with Crippen LogP contribution in [-0.4, -0.2) is 48.3 Å². The van der Waals surface area contributed by atoms with E-state index in [1.165, 1.54) is 0 Å². The molecule has 1 N–H and O–H groups in total. The van der Waals surface area contributed by atoms with Crippen LogP contribution in [-0.2, 0) is 14.9 Å². The van der Waals surface area contributed by atoms with Gasteiger partial charge in [0.25, 0.3) is 0 Å².